The van der Waals surface area contributed by atoms with Gasteiger partial charge < -0.3 is 8.43 Å². The van der Waals surface area contributed by atoms with Gasteiger partial charge in [0.25, 0.3) is 0 Å². The summed E-state index contributed by atoms with van der Waals surface area (Å²) in [6.45, 7) is 11.5. The Morgan fingerprint density at radius 1 is 0.947 bits per heavy atom. The van der Waals surface area contributed by atoms with Crippen molar-refractivity contribution in [2.75, 3.05) is 0 Å². The standard InChI is InChI=1S/C12H22FO3PSi2/c1-18(2,3)15-17(14,16-19(4,5)6)12-10-8-7-9-11(12)13/h7-10H,1-6H3. The lowest BCUT2D eigenvalue weighted by Crippen LogP contribution is -2.33. The van der Waals surface area contributed by atoms with Crippen molar-refractivity contribution < 1.29 is 17.4 Å². The summed E-state index contributed by atoms with van der Waals surface area (Å²) in [4.78, 5) is 0. The highest BCUT2D eigenvalue weighted by molar-refractivity contribution is 7.65. The van der Waals surface area contributed by atoms with Crippen molar-refractivity contribution in [3.63, 3.8) is 0 Å². The first kappa shape index (κ1) is 16.8. The Labute approximate surface area is 116 Å². The average Bonchev–Trinajstić information content (AvgIpc) is 2.11. The van der Waals surface area contributed by atoms with Crippen LogP contribution in [0.1, 0.15) is 0 Å². The zero-order chi connectivity index (χ0) is 14.9. The first-order valence-corrected chi connectivity index (χ1v) is 14.6. The second-order valence-electron chi connectivity index (χ2n) is 6.36. The average molecular weight is 320 g/mol. The summed E-state index contributed by atoms with van der Waals surface area (Å²) in [5.74, 6) is -0.540. The molecule has 0 aromatic heterocycles. The van der Waals surface area contributed by atoms with Gasteiger partial charge in [0.15, 0.2) is 16.6 Å². The first-order valence-electron chi connectivity index (χ1n) is 6.20. The van der Waals surface area contributed by atoms with E-state index in [4.69, 9.17) is 8.43 Å². The number of hydrogen-bond donors (Lipinski definition) is 0. The summed E-state index contributed by atoms with van der Waals surface area (Å²) < 4.78 is 38.5. The number of benzene rings is 1. The van der Waals surface area contributed by atoms with E-state index in [-0.39, 0.29) is 5.30 Å². The van der Waals surface area contributed by atoms with Gasteiger partial charge >= 0.3 is 7.60 Å². The van der Waals surface area contributed by atoms with Crippen LogP contribution in [0.5, 0.6) is 0 Å². The Kier molecular flexibility index (Phi) is 4.96. The Morgan fingerprint density at radius 3 is 1.74 bits per heavy atom. The van der Waals surface area contributed by atoms with Crippen molar-refractivity contribution in [1.82, 2.24) is 0 Å². The summed E-state index contributed by atoms with van der Waals surface area (Å²) in [6.07, 6.45) is 0. The quantitative estimate of drug-likeness (QED) is 0.598. The summed E-state index contributed by atoms with van der Waals surface area (Å²) in [5.41, 5.74) is 0. The highest BCUT2D eigenvalue weighted by Crippen LogP contribution is 2.52. The molecule has 0 bridgehead atoms. The Hall–Kier alpha value is -0.266. The third kappa shape index (κ3) is 5.32. The SMILES string of the molecule is C[Si](C)(C)OP(=O)(O[Si](C)(C)C)c1ccccc1F. The maximum Gasteiger partial charge on any atom is 0.345 e. The molecule has 0 N–H and O–H groups in total. The zero-order valence-corrected chi connectivity index (χ0v) is 15.3. The Bertz CT molecular complexity index is 474. The fourth-order valence-electron chi connectivity index (χ4n) is 1.51. The van der Waals surface area contributed by atoms with Crippen molar-refractivity contribution in [2.45, 2.75) is 39.3 Å². The van der Waals surface area contributed by atoms with Crippen LogP contribution in [0.4, 0.5) is 4.39 Å². The van der Waals surface area contributed by atoms with Crippen LogP contribution in [0, 0.1) is 5.82 Å². The lowest BCUT2D eigenvalue weighted by atomic mass is 10.3. The molecule has 0 aliphatic heterocycles. The van der Waals surface area contributed by atoms with Gasteiger partial charge in [-0.3, -0.25) is 4.57 Å². The van der Waals surface area contributed by atoms with Gasteiger partial charge in [-0.05, 0) is 51.4 Å². The molecule has 0 radical (unpaired) electrons. The van der Waals surface area contributed by atoms with Crippen molar-refractivity contribution in [3.05, 3.63) is 30.1 Å². The molecule has 0 atom stereocenters. The smallest absolute Gasteiger partial charge is 0.345 e. The van der Waals surface area contributed by atoms with E-state index >= 15 is 0 Å². The maximum absolute atomic E-state index is 13.9. The first-order chi connectivity index (χ1) is 8.43. The molecular formula is C12H22FO3PSi2. The highest BCUT2D eigenvalue weighted by Gasteiger charge is 2.39. The second kappa shape index (κ2) is 5.62. The van der Waals surface area contributed by atoms with E-state index in [1.165, 1.54) is 12.1 Å². The summed E-state index contributed by atoms with van der Waals surface area (Å²) >= 11 is 0. The van der Waals surface area contributed by atoms with Crippen LogP contribution >= 0.6 is 7.60 Å². The molecule has 1 aromatic carbocycles. The van der Waals surface area contributed by atoms with Crippen LogP contribution in [-0.2, 0) is 13.0 Å². The minimum Gasteiger partial charge on any atom is -0.348 e. The fraction of sp³-hybridized carbons (Fsp3) is 0.500. The van der Waals surface area contributed by atoms with E-state index in [1.807, 2.05) is 39.3 Å². The molecule has 1 rings (SSSR count). The minimum atomic E-state index is -3.60. The lowest BCUT2D eigenvalue weighted by molar-refractivity contribution is 0.395. The van der Waals surface area contributed by atoms with Crippen LogP contribution in [0.3, 0.4) is 0 Å². The molecule has 0 spiro atoms. The van der Waals surface area contributed by atoms with Crippen LogP contribution in [0.15, 0.2) is 24.3 Å². The van der Waals surface area contributed by atoms with Gasteiger partial charge in [0.1, 0.15) is 5.82 Å². The van der Waals surface area contributed by atoms with Crippen molar-refractivity contribution in [1.29, 1.82) is 0 Å². The molecule has 0 saturated carbocycles. The zero-order valence-electron chi connectivity index (χ0n) is 12.4. The Balaban J connectivity index is 3.28. The predicted octanol–water partition coefficient (Wildman–Crippen LogP) is 4.35. The number of hydrogen-bond acceptors (Lipinski definition) is 3. The van der Waals surface area contributed by atoms with Gasteiger partial charge in [-0.25, -0.2) is 4.39 Å². The molecule has 0 heterocycles. The maximum atomic E-state index is 13.9. The van der Waals surface area contributed by atoms with Gasteiger partial charge in [0, 0.05) is 0 Å². The number of rotatable bonds is 5. The van der Waals surface area contributed by atoms with Crippen LogP contribution in [-0.4, -0.2) is 16.6 Å². The molecule has 108 valence electrons. The van der Waals surface area contributed by atoms with Crippen molar-refractivity contribution in [3.8, 4) is 0 Å². The summed E-state index contributed by atoms with van der Waals surface area (Å²) in [7, 11) is -7.87. The molecule has 3 nitrogen and oxygen atoms in total. The molecular weight excluding hydrogens is 298 g/mol. The van der Waals surface area contributed by atoms with Crippen LogP contribution in [0.2, 0.25) is 39.3 Å². The van der Waals surface area contributed by atoms with E-state index in [0.29, 0.717) is 0 Å². The van der Waals surface area contributed by atoms with Crippen LogP contribution in [0.25, 0.3) is 0 Å². The third-order valence-corrected chi connectivity index (χ3v) is 9.19. The topological polar surface area (TPSA) is 35.5 Å². The summed E-state index contributed by atoms with van der Waals surface area (Å²) in [5, 5.41) is 0.0415. The number of halogens is 1. The van der Waals surface area contributed by atoms with Gasteiger partial charge in [-0.15, -0.1) is 0 Å². The molecule has 0 unspecified atom stereocenters. The molecule has 1 aromatic rings. The fourth-order valence-corrected chi connectivity index (χ4v) is 9.16. The lowest BCUT2D eigenvalue weighted by Gasteiger charge is -2.31. The monoisotopic (exact) mass is 320 g/mol. The Morgan fingerprint density at radius 2 is 1.37 bits per heavy atom. The van der Waals surface area contributed by atoms with Gasteiger partial charge in [-0.2, -0.15) is 0 Å². The molecule has 19 heavy (non-hydrogen) atoms. The normalized spacial score (nSPS) is 13.6. The highest BCUT2D eigenvalue weighted by atomic mass is 31.2. The van der Waals surface area contributed by atoms with E-state index in [0.717, 1.165) is 0 Å². The molecule has 7 heteroatoms. The van der Waals surface area contributed by atoms with E-state index in [1.54, 1.807) is 12.1 Å². The molecule has 0 fully saturated rings. The van der Waals surface area contributed by atoms with E-state index in [2.05, 4.69) is 0 Å². The molecule has 0 aliphatic carbocycles. The van der Waals surface area contributed by atoms with Crippen LogP contribution < -0.4 is 5.30 Å². The minimum absolute atomic E-state index is 0.0415. The van der Waals surface area contributed by atoms with Gasteiger partial charge in [0.2, 0.25) is 0 Å². The van der Waals surface area contributed by atoms with Gasteiger partial charge in [0.05, 0.1) is 5.30 Å². The van der Waals surface area contributed by atoms with Gasteiger partial charge in [-0.1, -0.05) is 12.1 Å². The molecule has 0 amide bonds. The van der Waals surface area contributed by atoms with E-state index < -0.39 is 30.0 Å². The van der Waals surface area contributed by atoms with Crippen molar-refractivity contribution >= 4 is 29.5 Å². The van der Waals surface area contributed by atoms with E-state index in [9.17, 15) is 8.96 Å². The van der Waals surface area contributed by atoms with Crippen molar-refractivity contribution in [2.24, 2.45) is 0 Å². The predicted molar refractivity (Wildman–Crippen MR) is 82.5 cm³/mol. The molecule has 0 aliphatic rings. The third-order valence-electron chi connectivity index (χ3n) is 1.94. The summed E-state index contributed by atoms with van der Waals surface area (Å²) in [6, 6.07) is 5.97. The second-order valence-corrected chi connectivity index (χ2v) is 17.7. The molecule has 0 saturated heterocycles. The largest absolute Gasteiger partial charge is 0.348 e.